The number of nitrogens with two attached hydrogens (primary N) is 1. The van der Waals surface area contributed by atoms with Crippen molar-refractivity contribution in [1.29, 1.82) is 0 Å². The molecule has 1 aromatic carbocycles. The smallest absolute Gasteiger partial charge is 0.389 e. The van der Waals surface area contributed by atoms with Gasteiger partial charge in [-0.15, -0.1) is 11.3 Å². The minimum atomic E-state index is -4.28. The number of benzene rings is 1. The van der Waals surface area contributed by atoms with Crippen molar-refractivity contribution in [3.63, 3.8) is 0 Å². The third-order valence-corrected chi connectivity index (χ3v) is 4.71. The Hall–Kier alpha value is -1.21. The van der Waals surface area contributed by atoms with E-state index in [9.17, 15) is 13.2 Å². The molecule has 0 spiro atoms. The number of hydrogen-bond donors (Lipinski definition) is 1. The third kappa shape index (κ3) is 4.14. The fourth-order valence-electron chi connectivity index (χ4n) is 1.67. The van der Waals surface area contributed by atoms with Gasteiger partial charge in [0.2, 0.25) is 0 Å². The second-order valence-electron chi connectivity index (χ2n) is 5.55. The van der Waals surface area contributed by atoms with E-state index in [0.29, 0.717) is 10.7 Å². The highest BCUT2D eigenvalue weighted by atomic mass is 32.2. The van der Waals surface area contributed by atoms with E-state index >= 15 is 0 Å². The first-order valence-corrected chi connectivity index (χ1v) is 7.82. The molecule has 21 heavy (non-hydrogen) atoms. The van der Waals surface area contributed by atoms with E-state index < -0.39 is 5.51 Å². The summed E-state index contributed by atoms with van der Waals surface area (Å²) in [5, 5.41) is 1.49. The summed E-state index contributed by atoms with van der Waals surface area (Å²) in [6.45, 7) is 6.12. The van der Waals surface area contributed by atoms with Gasteiger partial charge in [-0.05, 0) is 23.9 Å². The van der Waals surface area contributed by atoms with E-state index in [1.807, 2.05) is 20.8 Å². The first kappa shape index (κ1) is 16.2. The van der Waals surface area contributed by atoms with Crippen molar-refractivity contribution in [2.75, 3.05) is 5.73 Å². The van der Waals surface area contributed by atoms with Gasteiger partial charge in [0.05, 0.1) is 0 Å². The second kappa shape index (κ2) is 5.53. The monoisotopic (exact) mass is 332 g/mol. The lowest BCUT2D eigenvalue weighted by Gasteiger charge is -2.13. The van der Waals surface area contributed by atoms with Gasteiger partial charge in [0.1, 0.15) is 15.7 Å². The third-order valence-electron chi connectivity index (χ3n) is 2.66. The Kier molecular flexibility index (Phi) is 4.26. The van der Waals surface area contributed by atoms with E-state index in [1.54, 1.807) is 12.1 Å². The van der Waals surface area contributed by atoms with Crippen molar-refractivity contribution in [3.05, 3.63) is 29.3 Å². The van der Waals surface area contributed by atoms with Gasteiger partial charge in [0.25, 0.3) is 0 Å². The Balaban J connectivity index is 2.29. The van der Waals surface area contributed by atoms with Crippen LogP contribution >= 0.6 is 23.1 Å². The zero-order valence-corrected chi connectivity index (χ0v) is 13.4. The van der Waals surface area contributed by atoms with Crippen LogP contribution in [0.4, 0.5) is 18.2 Å². The minimum absolute atomic E-state index is 0.108. The van der Waals surface area contributed by atoms with Crippen LogP contribution in [-0.2, 0) is 5.41 Å². The maximum Gasteiger partial charge on any atom is 0.446 e. The van der Waals surface area contributed by atoms with Gasteiger partial charge in [0.15, 0.2) is 0 Å². The molecule has 0 saturated heterocycles. The molecule has 0 bridgehead atoms. The van der Waals surface area contributed by atoms with E-state index in [1.165, 1.54) is 23.5 Å². The lowest BCUT2D eigenvalue weighted by Crippen LogP contribution is -2.10. The highest BCUT2D eigenvalue weighted by Crippen LogP contribution is 2.39. The van der Waals surface area contributed by atoms with Crippen molar-refractivity contribution in [1.82, 2.24) is 4.98 Å². The first-order chi connectivity index (χ1) is 9.56. The average molecular weight is 332 g/mol. The molecule has 2 aromatic rings. The number of nitrogen functional groups attached to an aromatic ring is 1. The molecular weight excluding hydrogens is 317 g/mol. The maximum absolute atomic E-state index is 12.3. The Bertz CT molecular complexity index is 625. The second-order valence-corrected chi connectivity index (χ2v) is 7.72. The van der Waals surface area contributed by atoms with Gasteiger partial charge in [-0.25, -0.2) is 4.98 Å². The Morgan fingerprint density at radius 1 is 1.10 bits per heavy atom. The van der Waals surface area contributed by atoms with Crippen LogP contribution < -0.4 is 5.73 Å². The van der Waals surface area contributed by atoms with Crippen molar-refractivity contribution in [2.24, 2.45) is 0 Å². The summed E-state index contributed by atoms with van der Waals surface area (Å²) in [6, 6.07) is 6.10. The van der Waals surface area contributed by atoms with Crippen molar-refractivity contribution in [3.8, 4) is 11.3 Å². The van der Waals surface area contributed by atoms with Gasteiger partial charge in [-0.3, -0.25) is 0 Å². The van der Waals surface area contributed by atoms with Gasteiger partial charge in [-0.1, -0.05) is 32.9 Å². The SMILES string of the molecule is CC(C)(C)c1nc(-c2ccc(SC(F)(F)F)cc2)c(N)s1. The summed E-state index contributed by atoms with van der Waals surface area (Å²) in [7, 11) is 0. The van der Waals surface area contributed by atoms with Crippen LogP contribution in [0.2, 0.25) is 0 Å². The average Bonchev–Trinajstić information content (AvgIpc) is 2.70. The minimum Gasteiger partial charge on any atom is -0.389 e. The van der Waals surface area contributed by atoms with Gasteiger partial charge in [-0.2, -0.15) is 13.2 Å². The molecule has 0 saturated carbocycles. The summed E-state index contributed by atoms with van der Waals surface area (Å²) in [5.41, 5.74) is 2.96. The molecule has 7 heteroatoms. The molecule has 2 rings (SSSR count). The first-order valence-electron chi connectivity index (χ1n) is 6.19. The topological polar surface area (TPSA) is 38.9 Å². The van der Waals surface area contributed by atoms with Crippen LogP contribution in [0.25, 0.3) is 11.3 Å². The molecule has 1 aromatic heterocycles. The summed E-state index contributed by atoms with van der Waals surface area (Å²) >= 11 is 1.28. The molecular formula is C14H15F3N2S2. The molecule has 2 N–H and O–H groups in total. The zero-order valence-electron chi connectivity index (χ0n) is 11.8. The predicted octanol–water partition coefficient (Wildman–Crippen LogP) is 5.30. The molecule has 0 aliphatic carbocycles. The van der Waals surface area contributed by atoms with Gasteiger partial charge in [0, 0.05) is 15.9 Å². The van der Waals surface area contributed by atoms with Crippen LogP contribution in [-0.4, -0.2) is 10.5 Å². The molecule has 0 aliphatic rings. The summed E-state index contributed by atoms with van der Waals surface area (Å²) < 4.78 is 36.9. The number of thioether (sulfide) groups is 1. The van der Waals surface area contributed by atoms with Crippen LogP contribution in [0.5, 0.6) is 0 Å². The summed E-state index contributed by atoms with van der Waals surface area (Å²) in [5.74, 6) is 0. The fraction of sp³-hybridized carbons (Fsp3) is 0.357. The number of aromatic nitrogens is 1. The van der Waals surface area contributed by atoms with Crippen LogP contribution in [0.1, 0.15) is 25.8 Å². The molecule has 0 fully saturated rings. The highest BCUT2D eigenvalue weighted by molar-refractivity contribution is 8.00. The Morgan fingerprint density at radius 3 is 2.10 bits per heavy atom. The number of rotatable bonds is 2. The van der Waals surface area contributed by atoms with Gasteiger partial charge < -0.3 is 5.73 Å². The number of thiazole rings is 1. The zero-order chi connectivity index (χ0) is 15.8. The highest BCUT2D eigenvalue weighted by Gasteiger charge is 2.29. The van der Waals surface area contributed by atoms with Crippen LogP contribution in [0.15, 0.2) is 29.2 Å². The van der Waals surface area contributed by atoms with Crippen LogP contribution in [0.3, 0.4) is 0 Å². The van der Waals surface area contributed by atoms with Crippen molar-refractivity contribution >= 4 is 28.1 Å². The number of alkyl halides is 3. The lowest BCUT2D eigenvalue weighted by atomic mass is 9.98. The molecule has 0 unspecified atom stereocenters. The number of hydrogen-bond acceptors (Lipinski definition) is 4. The number of nitrogens with zero attached hydrogens (tertiary/aromatic N) is 1. The number of halogens is 3. The Morgan fingerprint density at radius 2 is 1.67 bits per heavy atom. The molecule has 0 aliphatic heterocycles. The maximum atomic E-state index is 12.3. The van der Waals surface area contributed by atoms with E-state index in [-0.39, 0.29) is 22.1 Å². The van der Waals surface area contributed by atoms with Crippen molar-refractivity contribution < 1.29 is 13.2 Å². The van der Waals surface area contributed by atoms with Crippen LogP contribution in [0, 0.1) is 0 Å². The molecule has 2 nitrogen and oxygen atoms in total. The van der Waals surface area contributed by atoms with Gasteiger partial charge >= 0.3 is 5.51 Å². The lowest BCUT2D eigenvalue weighted by molar-refractivity contribution is -0.0328. The molecule has 0 amide bonds. The summed E-state index contributed by atoms with van der Waals surface area (Å²) in [6.07, 6.45) is 0. The predicted molar refractivity (Wildman–Crippen MR) is 82.6 cm³/mol. The number of anilines is 1. The van der Waals surface area contributed by atoms with E-state index in [0.717, 1.165) is 10.6 Å². The summed E-state index contributed by atoms with van der Waals surface area (Å²) in [4.78, 5) is 4.67. The molecule has 114 valence electrons. The van der Waals surface area contributed by atoms with Crippen molar-refractivity contribution in [2.45, 2.75) is 36.6 Å². The standard InChI is InChI=1S/C14H15F3N2S2/c1-13(2,3)12-19-10(11(18)20-12)8-4-6-9(7-5-8)21-14(15,16)17/h4-7H,18H2,1-3H3. The normalized spacial score (nSPS) is 12.7. The quantitative estimate of drug-likeness (QED) is 0.758. The van der Waals surface area contributed by atoms with E-state index in [2.05, 4.69) is 4.98 Å². The van der Waals surface area contributed by atoms with E-state index in [4.69, 9.17) is 5.73 Å². The Labute approximate surface area is 129 Å². The fourth-order valence-corrected chi connectivity index (χ4v) is 3.13. The molecule has 0 radical (unpaired) electrons. The molecule has 1 heterocycles. The largest absolute Gasteiger partial charge is 0.446 e. The molecule has 0 atom stereocenters.